The van der Waals surface area contributed by atoms with Gasteiger partial charge in [-0.15, -0.1) is 11.8 Å². The number of carbonyl (C=O) groups excluding carboxylic acids is 3. The number of imide groups is 1. The van der Waals surface area contributed by atoms with Crippen LogP contribution in [0.2, 0.25) is 0 Å². The summed E-state index contributed by atoms with van der Waals surface area (Å²) in [4.78, 5) is 40.1. The molecule has 1 N–H and O–H groups in total. The number of methoxy groups -OCH3 is 2. The number of amides is 3. The van der Waals surface area contributed by atoms with Crippen LogP contribution in [0.3, 0.4) is 0 Å². The van der Waals surface area contributed by atoms with Crippen LogP contribution in [0.15, 0.2) is 77.7 Å². The Morgan fingerprint density at radius 3 is 2.15 bits per heavy atom. The maximum atomic E-state index is 12.8. The van der Waals surface area contributed by atoms with Crippen molar-refractivity contribution >= 4 is 40.9 Å². The van der Waals surface area contributed by atoms with Crippen LogP contribution >= 0.6 is 11.8 Å². The second kappa shape index (κ2) is 9.79. The highest BCUT2D eigenvalue weighted by atomic mass is 32.2. The van der Waals surface area contributed by atoms with Crippen molar-refractivity contribution in [2.45, 2.75) is 16.6 Å². The van der Waals surface area contributed by atoms with Crippen molar-refractivity contribution in [2.75, 3.05) is 24.4 Å². The second-order valence-corrected chi connectivity index (χ2v) is 8.51. The molecule has 8 heteroatoms. The number of thioether (sulfide) groups is 1. The quantitative estimate of drug-likeness (QED) is 0.525. The average molecular weight is 463 g/mol. The molecule has 168 valence electrons. The highest BCUT2D eigenvalue weighted by Crippen LogP contribution is 2.34. The van der Waals surface area contributed by atoms with E-state index in [0.717, 1.165) is 4.90 Å². The number of anilines is 2. The van der Waals surface area contributed by atoms with Crippen molar-refractivity contribution < 1.29 is 23.9 Å². The fraction of sp³-hybridized carbons (Fsp3) is 0.160. The summed E-state index contributed by atoms with van der Waals surface area (Å²) < 4.78 is 10.6. The van der Waals surface area contributed by atoms with Crippen molar-refractivity contribution in [2.24, 2.45) is 0 Å². The van der Waals surface area contributed by atoms with Crippen LogP contribution in [0.5, 0.6) is 11.5 Å². The lowest BCUT2D eigenvalue weighted by Gasteiger charge is -2.15. The SMILES string of the molecule is COc1cccc(OC)c1C(=O)Nc1ccc(SC2CC(=O)N(c3ccccc3)C2=O)cc1. The summed E-state index contributed by atoms with van der Waals surface area (Å²) in [5.41, 5.74) is 1.47. The Labute approximate surface area is 195 Å². The molecule has 1 fully saturated rings. The van der Waals surface area contributed by atoms with E-state index >= 15 is 0 Å². The monoisotopic (exact) mass is 462 g/mol. The lowest BCUT2D eigenvalue weighted by Crippen LogP contribution is -2.30. The number of hydrogen-bond donors (Lipinski definition) is 1. The fourth-order valence-corrected chi connectivity index (χ4v) is 4.65. The molecule has 0 bridgehead atoms. The van der Waals surface area contributed by atoms with E-state index in [9.17, 15) is 14.4 Å². The number of carbonyl (C=O) groups is 3. The zero-order valence-electron chi connectivity index (χ0n) is 18.1. The van der Waals surface area contributed by atoms with Crippen molar-refractivity contribution in [3.05, 3.63) is 78.4 Å². The average Bonchev–Trinajstić information content (AvgIpc) is 3.12. The topological polar surface area (TPSA) is 84.9 Å². The molecule has 1 heterocycles. The van der Waals surface area contributed by atoms with Crippen LogP contribution in [0.25, 0.3) is 0 Å². The minimum absolute atomic E-state index is 0.143. The third kappa shape index (κ3) is 4.70. The van der Waals surface area contributed by atoms with Gasteiger partial charge in [0, 0.05) is 17.0 Å². The summed E-state index contributed by atoms with van der Waals surface area (Å²) in [6.07, 6.45) is 0.143. The van der Waals surface area contributed by atoms with Gasteiger partial charge in [-0.25, -0.2) is 4.90 Å². The van der Waals surface area contributed by atoms with Crippen LogP contribution < -0.4 is 19.7 Å². The van der Waals surface area contributed by atoms with Gasteiger partial charge in [0.05, 0.1) is 25.2 Å². The Morgan fingerprint density at radius 1 is 0.909 bits per heavy atom. The minimum atomic E-state index is -0.490. The molecule has 3 aromatic rings. The molecule has 7 nitrogen and oxygen atoms in total. The Hall–Kier alpha value is -3.78. The molecular weight excluding hydrogens is 440 g/mol. The van der Waals surface area contributed by atoms with Crippen LogP contribution in [-0.2, 0) is 9.59 Å². The minimum Gasteiger partial charge on any atom is -0.496 e. The number of nitrogens with zero attached hydrogens (tertiary/aromatic N) is 1. The Kier molecular flexibility index (Phi) is 6.65. The van der Waals surface area contributed by atoms with Crippen molar-refractivity contribution in [3.63, 3.8) is 0 Å². The zero-order chi connectivity index (χ0) is 23.4. The third-order valence-corrected chi connectivity index (χ3v) is 6.36. The number of hydrogen-bond acceptors (Lipinski definition) is 6. The van der Waals surface area contributed by atoms with Gasteiger partial charge < -0.3 is 14.8 Å². The summed E-state index contributed by atoms with van der Waals surface area (Å²) >= 11 is 1.33. The summed E-state index contributed by atoms with van der Waals surface area (Å²) in [6.45, 7) is 0. The van der Waals surface area contributed by atoms with Gasteiger partial charge in [0.15, 0.2) is 0 Å². The first-order valence-electron chi connectivity index (χ1n) is 10.2. The van der Waals surface area contributed by atoms with Crippen molar-refractivity contribution in [3.8, 4) is 11.5 Å². The molecule has 3 amide bonds. The van der Waals surface area contributed by atoms with Gasteiger partial charge in [-0.05, 0) is 48.5 Å². The molecule has 0 aromatic heterocycles. The molecule has 4 rings (SSSR count). The zero-order valence-corrected chi connectivity index (χ0v) is 18.9. The highest BCUT2D eigenvalue weighted by molar-refractivity contribution is 8.00. The molecule has 0 radical (unpaired) electrons. The maximum Gasteiger partial charge on any atom is 0.263 e. The molecule has 1 unspecified atom stereocenters. The summed E-state index contributed by atoms with van der Waals surface area (Å²) in [7, 11) is 2.98. The van der Waals surface area contributed by atoms with Gasteiger partial charge in [-0.3, -0.25) is 14.4 Å². The molecule has 0 saturated carbocycles. The lowest BCUT2D eigenvalue weighted by molar-refractivity contribution is -0.121. The highest BCUT2D eigenvalue weighted by Gasteiger charge is 2.40. The summed E-state index contributed by atoms with van der Waals surface area (Å²) in [5, 5.41) is 2.35. The molecule has 0 spiro atoms. The Morgan fingerprint density at radius 2 is 1.55 bits per heavy atom. The summed E-state index contributed by atoms with van der Waals surface area (Å²) in [6, 6.07) is 21.2. The third-order valence-electron chi connectivity index (χ3n) is 5.17. The molecule has 1 atom stereocenters. The van der Waals surface area contributed by atoms with Crippen LogP contribution in [0, 0.1) is 0 Å². The summed E-state index contributed by atoms with van der Waals surface area (Å²) in [5.74, 6) is 0.0211. The van der Waals surface area contributed by atoms with Crippen molar-refractivity contribution in [1.82, 2.24) is 0 Å². The fourth-order valence-electron chi connectivity index (χ4n) is 3.59. The van der Waals surface area contributed by atoms with E-state index in [2.05, 4.69) is 5.32 Å². The van der Waals surface area contributed by atoms with Crippen LogP contribution in [0.4, 0.5) is 11.4 Å². The molecule has 1 aliphatic heterocycles. The number of benzene rings is 3. The first-order chi connectivity index (χ1) is 16.0. The number of nitrogens with one attached hydrogen (secondary N) is 1. The van der Waals surface area contributed by atoms with Gasteiger partial charge in [0.2, 0.25) is 11.8 Å². The molecular formula is C25H22N2O5S. The van der Waals surface area contributed by atoms with Gasteiger partial charge in [-0.1, -0.05) is 24.3 Å². The number of ether oxygens (including phenoxy) is 2. The van der Waals surface area contributed by atoms with E-state index in [0.29, 0.717) is 28.4 Å². The predicted octanol–water partition coefficient (Wildman–Crippen LogP) is 4.38. The number of para-hydroxylation sites is 1. The van der Waals surface area contributed by atoms with E-state index in [1.807, 2.05) is 18.2 Å². The van der Waals surface area contributed by atoms with Gasteiger partial charge in [0.1, 0.15) is 17.1 Å². The lowest BCUT2D eigenvalue weighted by atomic mass is 10.1. The van der Waals surface area contributed by atoms with Crippen LogP contribution in [0.1, 0.15) is 16.8 Å². The van der Waals surface area contributed by atoms with E-state index < -0.39 is 5.25 Å². The molecule has 0 aliphatic carbocycles. The van der Waals surface area contributed by atoms with Gasteiger partial charge in [0.25, 0.3) is 5.91 Å². The van der Waals surface area contributed by atoms with Gasteiger partial charge in [-0.2, -0.15) is 0 Å². The Balaban J connectivity index is 1.44. The Bertz CT molecular complexity index is 1160. The number of rotatable bonds is 7. The smallest absolute Gasteiger partial charge is 0.263 e. The van der Waals surface area contributed by atoms with Crippen molar-refractivity contribution in [1.29, 1.82) is 0 Å². The van der Waals surface area contributed by atoms with E-state index in [-0.39, 0.29) is 24.1 Å². The predicted molar refractivity (Wildman–Crippen MR) is 127 cm³/mol. The second-order valence-electron chi connectivity index (χ2n) is 7.23. The first-order valence-corrected chi connectivity index (χ1v) is 11.1. The van der Waals surface area contributed by atoms with Crippen LogP contribution in [-0.4, -0.2) is 37.2 Å². The normalized spacial score (nSPS) is 15.5. The molecule has 3 aromatic carbocycles. The molecule has 33 heavy (non-hydrogen) atoms. The van der Waals surface area contributed by atoms with Gasteiger partial charge >= 0.3 is 0 Å². The molecule has 1 saturated heterocycles. The molecule has 1 aliphatic rings. The van der Waals surface area contributed by atoms with E-state index in [1.165, 1.54) is 30.9 Å². The van der Waals surface area contributed by atoms with E-state index in [1.54, 1.807) is 54.6 Å². The maximum absolute atomic E-state index is 12.8. The standard InChI is InChI=1S/C25H22N2O5S/c1-31-19-9-6-10-20(32-2)23(19)24(29)26-16-11-13-18(14-12-16)33-21-15-22(28)27(25(21)30)17-7-4-3-5-8-17/h3-14,21H,15H2,1-2H3,(H,26,29). The first kappa shape index (κ1) is 22.4. The van der Waals surface area contributed by atoms with E-state index in [4.69, 9.17) is 9.47 Å². The largest absolute Gasteiger partial charge is 0.496 e.